The zero-order chi connectivity index (χ0) is 18.8. The number of hydrogen-bond acceptors (Lipinski definition) is 0. The molecule has 0 atom stereocenters. The van der Waals surface area contributed by atoms with Crippen LogP contribution >= 0.6 is 31.9 Å². The second-order valence-corrected chi connectivity index (χ2v) is 8.48. The van der Waals surface area contributed by atoms with Crippen LogP contribution in [-0.4, -0.2) is 0 Å². The predicted octanol–water partition coefficient (Wildman–Crippen LogP) is 9.06. The molecule has 2 heteroatoms. The minimum Gasteiger partial charge on any atom is -0.0654 e. The lowest BCUT2D eigenvalue weighted by molar-refractivity contribution is 0.758. The Morgan fingerprint density at radius 3 is 1.31 bits per heavy atom. The van der Waals surface area contributed by atoms with Crippen molar-refractivity contribution in [3.8, 4) is 0 Å². The molecule has 2 aromatic carbocycles. The van der Waals surface area contributed by atoms with Crippen LogP contribution in [0.4, 0.5) is 0 Å². The van der Waals surface area contributed by atoms with Gasteiger partial charge in [0.15, 0.2) is 0 Å². The van der Waals surface area contributed by atoms with Gasteiger partial charge in [-0.05, 0) is 72.2 Å². The highest BCUT2D eigenvalue weighted by Crippen LogP contribution is 2.28. The van der Waals surface area contributed by atoms with Gasteiger partial charge in [-0.1, -0.05) is 95.0 Å². The third kappa shape index (κ3) is 7.25. The molecule has 138 valence electrons. The smallest absolute Gasteiger partial charge is 0.0175 e. The van der Waals surface area contributed by atoms with Crippen LogP contribution in [-0.2, 0) is 0 Å². The van der Waals surface area contributed by atoms with E-state index in [1.54, 1.807) is 0 Å². The van der Waals surface area contributed by atoms with Crippen LogP contribution in [0.3, 0.4) is 0 Å². The van der Waals surface area contributed by atoms with Gasteiger partial charge in [0.25, 0.3) is 0 Å². The molecule has 0 aromatic heterocycles. The number of benzene rings is 2. The van der Waals surface area contributed by atoms with Crippen LogP contribution in [0.1, 0.15) is 63.5 Å². The topological polar surface area (TPSA) is 0 Å². The highest BCUT2D eigenvalue weighted by atomic mass is 79.9. The molecule has 0 aliphatic heterocycles. The molecule has 0 spiro atoms. The standard InChI is InChI=1S/C24H28Br2/c1-3-5-7-21(17-19-9-13-23(25)14-10-19)22(8-6-4-2)18-20-11-15-24(26)16-12-20/h9-18H,3-8H2,1-2H3. The van der Waals surface area contributed by atoms with Gasteiger partial charge < -0.3 is 0 Å². The van der Waals surface area contributed by atoms with E-state index in [0.717, 1.165) is 21.8 Å². The van der Waals surface area contributed by atoms with Crippen LogP contribution < -0.4 is 0 Å². The van der Waals surface area contributed by atoms with Gasteiger partial charge in [0.1, 0.15) is 0 Å². The molecule has 0 fully saturated rings. The molecule has 0 unspecified atom stereocenters. The zero-order valence-corrected chi connectivity index (χ0v) is 18.9. The Bertz CT molecular complexity index is 656. The van der Waals surface area contributed by atoms with Crippen LogP contribution in [0.5, 0.6) is 0 Å². The normalized spacial score (nSPS) is 12.5. The Hall–Kier alpha value is -1.12. The lowest BCUT2D eigenvalue weighted by atomic mass is 9.92. The third-order valence-electron chi connectivity index (χ3n) is 4.43. The Morgan fingerprint density at radius 2 is 1.00 bits per heavy atom. The first-order valence-corrected chi connectivity index (χ1v) is 11.1. The van der Waals surface area contributed by atoms with Crippen molar-refractivity contribution in [2.75, 3.05) is 0 Å². The summed E-state index contributed by atoms with van der Waals surface area (Å²) >= 11 is 7.06. The minimum absolute atomic E-state index is 1.13. The summed E-state index contributed by atoms with van der Waals surface area (Å²) < 4.78 is 2.25. The molecule has 0 radical (unpaired) electrons. The molecule has 0 amide bonds. The van der Waals surface area contributed by atoms with E-state index in [0.29, 0.717) is 0 Å². The van der Waals surface area contributed by atoms with Crippen LogP contribution in [0, 0.1) is 0 Å². The van der Waals surface area contributed by atoms with Crippen molar-refractivity contribution >= 4 is 44.0 Å². The zero-order valence-electron chi connectivity index (χ0n) is 15.8. The maximum absolute atomic E-state index is 3.53. The van der Waals surface area contributed by atoms with Crippen molar-refractivity contribution in [1.29, 1.82) is 0 Å². The highest BCUT2D eigenvalue weighted by Gasteiger charge is 2.07. The Labute approximate surface area is 175 Å². The number of hydrogen-bond donors (Lipinski definition) is 0. The fourth-order valence-electron chi connectivity index (χ4n) is 2.91. The maximum atomic E-state index is 3.53. The summed E-state index contributed by atoms with van der Waals surface area (Å²) in [7, 11) is 0. The van der Waals surface area contributed by atoms with Crippen LogP contribution in [0.15, 0.2) is 68.6 Å². The van der Waals surface area contributed by atoms with Crippen LogP contribution in [0.2, 0.25) is 0 Å². The second-order valence-electron chi connectivity index (χ2n) is 6.65. The molecule has 0 bridgehead atoms. The lowest BCUT2D eigenvalue weighted by Crippen LogP contribution is -1.93. The Kier molecular flexibility index (Phi) is 9.42. The molecular weight excluding hydrogens is 448 g/mol. The van der Waals surface area contributed by atoms with Crippen molar-refractivity contribution in [2.45, 2.75) is 52.4 Å². The van der Waals surface area contributed by atoms with E-state index in [-0.39, 0.29) is 0 Å². The first-order chi connectivity index (χ1) is 12.6. The molecule has 0 heterocycles. The van der Waals surface area contributed by atoms with E-state index in [1.807, 2.05) is 0 Å². The van der Waals surface area contributed by atoms with E-state index in [4.69, 9.17) is 0 Å². The largest absolute Gasteiger partial charge is 0.0654 e. The van der Waals surface area contributed by atoms with Gasteiger partial charge in [0.05, 0.1) is 0 Å². The monoisotopic (exact) mass is 474 g/mol. The van der Waals surface area contributed by atoms with E-state index in [2.05, 4.69) is 106 Å². The maximum Gasteiger partial charge on any atom is 0.0175 e. The molecule has 0 aliphatic carbocycles. The lowest BCUT2D eigenvalue weighted by Gasteiger charge is -2.13. The van der Waals surface area contributed by atoms with Gasteiger partial charge in [0, 0.05) is 8.95 Å². The number of rotatable bonds is 9. The summed E-state index contributed by atoms with van der Waals surface area (Å²) in [5, 5.41) is 0. The molecule has 2 rings (SSSR count). The van der Waals surface area contributed by atoms with Crippen LogP contribution in [0.25, 0.3) is 12.2 Å². The molecule has 0 nitrogen and oxygen atoms in total. The van der Waals surface area contributed by atoms with E-state index in [9.17, 15) is 0 Å². The fraction of sp³-hybridized carbons (Fsp3) is 0.333. The Morgan fingerprint density at radius 1 is 0.654 bits per heavy atom. The predicted molar refractivity (Wildman–Crippen MR) is 123 cm³/mol. The summed E-state index contributed by atoms with van der Waals surface area (Å²) in [5.74, 6) is 0. The van der Waals surface area contributed by atoms with Gasteiger partial charge in [-0.2, -0.15) is 0 Å². The van der Waals surface area contributed by atoms with Gasteiger partial charge in [-0.25, -0.2) is 0 Å². The summed E-state index contributed by atoms with van der Waals surface area (Å²) in [6.45, 7) is 4.53. The summed E-state index contributed by atoms with van der Waals surface area (Å²) in [5.41, 5.74) is 5.51. The molecule has 26 heavy (non-hydrogen) atoms. The molecular formula is C24H28Br2. The van der Waals surface area contributed by atoms with Gasteiger partial charge in [-0.3, -0.25) is 0 Å². The second kappa shape index (κ2) is 11.6. The molecule has 0 N–H and O–H groups in total. The van der Waals surface area contributed by atoms with Crippen molar-refractivity contribution in [2.24, 2.45) is 0 Å². The average Bonchev–Trinajstić information content (AvgIpc) is 2.65. The minimum atomic E-state index is 1.13. The van der Waals surface area contributed by atoms with E-state index < -0.39 is 0 Å². The molecule has 0 saturated heterocycles. The first-order valence-electron chi connectivity index (χ1n) is 9.55. The number of allylic oxidation sites excluding steroid dienone is 2. The molecule has 2 aromatic rings. The van der Waals surface area contributed by atoms with E-state index >= 15 is 0 Å². The van der Waals surface area contributed by atoms with Gasteiger partial charge in [0.2, 0.25) is 0 Å². The van der Waals surface area contributed by atoms with Crippen molar-refractivity contribution in [1.82, 2.24) is 0 Å². The van der Waals surface area contributed by atoms with Gasteiger partial charge in [-0.15, -0.1) is 0 Å². The first kappa shape index (κ1) is 21.2. The number of unbranched alkanes of at least 4 members (excludes halogenated alkanes) is 2. The quantitative estimate of drug-likeness (QED) is 0.317. The van der Waals surface area contributed by atoms with Gasteiger partial charge >= 0.3 is 0 Å². The number of halogens is 2. The highest BCUT2D eigenvalue weighted by molar-refractivity contribution is 9.10. The average molecular weight is 476 g/mol. The SMILES string of the molecule is CCCCC(=Cc1ccc(Br)cc1)C(=Cc1ccc(Br)cc1)CCCC. The van der Waals surface area contributed by atoms with Crippen molar-refractivity contribution in [3.63, 3.8) is 0 Å². The summed E-state index contributed by atoms with van der Waals surface area (Å²) in [6, 6.07) is 17.2. The van der Waals surface area contributed by atoms with E-state index in [1.165, 1.54) is 48.0 Å². The third-order valence-corrected chi connectivity index (χ3v) is 5.49. The fourth-order valence-corrected chi connectivity index (χ4v) is 3.43. The summed E-state index contributed by atoms with van der Waals surface area (Å²) in [6.07, 6.45) is 11.9. The van der Waals surface area contributed by atoms with Crippen molar-refractivity contribution in [3.05, 3.63) is 79.7 Å². The van der Waals surface area contributed by atoms with Crippen molar-refractivity contribution < 1.29 is 0 Å². The summed E-state index contributed by atoms with van der Waals surface area (Å²) in [4.78, 5) is 0. The molecule has 0 aliphatic rings. The Balaban J connectivity index is 2.39. The molecule has 0 saturated carbocycles.